The zero-order valence-electron chi connectivity index (χ0n) is 11.7. The van der Waals surface area contributed by atoms with Crippen LogP contribution >= 0.6 is 0 Å². The highest BCUT2D eigenvalue weighted by molar-refractivity contribution is 5.75. The van der Waals surface area contributed by atoms with E-state index in [0.717, 1.165) is 12.8 Å². The first kappa shape index (κ1) is 13.1. The number of nitrogens with zero attached hydrogens (tertiary/aromatic N) is 2. The second-order valence-corrected chi connectivity index (χ2v) is 6.29. The number of fused-ring (bicyclic) bond motifs is 1. The van der Waals surface area contributed by atoms with E-state index >= 15 is 0 Å². The Morgan fingerprint density at radius 2 is 2.22 bits per heavy atom. The van der Waals surface area contributed by atoms with Crippen LogP contribution in [0.2, 0.25) is 0 Å². The summed E-state index contributed by atoms with van der Waals surface area (Å²) >= 11 is 0. The predicted molar refractivity (Wildman–Crippen MR) is 72.2 cm³/mol. The fraction of sp³-hybridized carbons (Fsp3) is 0.643. The molecule has 1 unspecified atom stereocenters. The van der Waals surface area contributed by atoms with Crippen molar-refractivity contribution < 1.29 is 4.79 Å². The average Bonchev–Trinajstić information content (AvgIpc) is 2.59. The molecule has 4 nitrogen and oxygen atoms in total. The minimum atomic E-state index is 0.0967. The molecule has 1 aliphatic rings. The van der Waals surface area contributed by atoms with Crippen LogP contribution in [0.1, 0.15) is 37.6 Å². The molecule has 1 heterocycles. The molecule has 100 valence electrons. The van der Waals surface area contributed by atoms with Crippen molar-refractivity contribution in [3.05, 3.63) is 23.5 Å². The van der Waals surface area contributed by atoms with Gasteiger partial charge in [0.1, 0.15) is 6.54 Å². The minimum absolute atomic E-state index is 0.0967. The van der Waals surface area contributed by atoms with Crippen LogP contribution in [0.15, 0.2) is 12.3 Å². The Labute approximate surface area is 109 Å². The van der Waals surface area contributed by atoms with Gasteiger partial charge in [0.2, 0.25) is 5.91 Å². The Balaban J connectivity index is 2.28. The third kappa shape index (κ3) is 2.43. The molecule has 1 atom stereocenters. The van der Waals surface area contributed by atoms with Gasteiger partial charge in [-0.3, -0.25) is 4.79 Å². The quantitative estimate of drug-likeness (QED) is 0.864. The number of nitrogens with two attached hydrogens (primary N) is 1. The van der Waals surface area contributed by atoms with E-state index in [9.17, 15) is 4.79 Å². The largest absolute Gasteiger partial charge is 0.347 e. The van der Waals surface area contributed by atoms with Gasteiger partial charge in [-0.15, -0.1) is 0 Å². The van der Waals surface area contributed by atoms with Gasteiger partial charge in [-0.1, -0.05) is 13.8 Å². The highest BCUT2D eigenvalue weighted by Gasteiger charge is 2.32. The van der Waals surface area contributed by atoms with Gasteiger partial charge >= 0.3 is 0 Å². The zero-order valence-corrected chi connectivity index (χ0v) is 11.7. The van der Waals surface area contributed by atoms with Gasteiger partial charge < -0.3 is 15.2 Å². The number of likely N-dealkylation sites (N-methyl/N-ethyl adjacent to an activating group) is 1. The molecule has 0 fully saturated rings. The van der Waals surface area contributed by atoms with Crippen molar-refractivity contribution in [3.63, 3.8) is 0 Å². The molecule has 1 aromatic rings. The van der Waals surface area contributed by atoms with E-state index in [-0.39, 0.29) is 17.4 Å². The third-order valence-corrected chi connectivity index (χ3v) is 3.74. The van der Waals surface area contributed by atoms with Crippen LogP contribution in [0.4, 0.5) is 0 Å². The molecule has 1 amide bonds. The Kier molecular flexibility index (Phi) is 3.23. The van der Waals surface area contributed by atoms with Crippen LogP contribution in [-0.4, -0.2) is 29.5 Å². The van der Waals surface area contributed by atoms with Crippen molar-refractivity contribution in [2.45, 2.75) is 39.3 Å². The second-order valence-electron chi connectivity index (χ2n) is 6.29. The molecule has 2 rings (SSSR count). The highest BCUT2D eigenvalue weighted by atomic mass is 16.2. The molecule has 0 aromatic carbocycles. The lowest BCUT2D eigenvalue weighted by Crippen LogP contribution is -2.32. The first-order valence-electron chi connectivity index (χ1n) is 6.44. The van der Waals surface area contributed by atoms with Crippen LogP contribution in [0.3, 0.4) is 0 Å². The standard InChI is InChI=1S/C14H23N3O/c1-14(2)7-11(15)10-5-6-17(12(10)8-14)9-13(18)16(3)4/h5-6,11H,7-9,15H2,1-4H3. The molecule has 0 aliphatic heterocycles. The number of aromatic nitrogens is 1. The normalized spacial score (nSPS) is 21.5. The highest BCUT2D eigenvalue weighted by Crippen LogP contribution is 2.39. The number of carbonyl (C=O) groups excluding carboxylic acids is 1. The summed E-state index contributed by atoms with van der Waals surface area (Å²) < 4.78 is 2.05. The molecule has 1 aliphatic carbocycles. The lowest BCUT2D eigenvalue weighted by Gasteiger charge is -2.34. The molecule has 0 saturated carbocycles. The van der Waals surface area contributed by atoms with Gasteiger partial charge in [-0.25, -0.2) is 0 Å². The molecule has 2 N–H and O–H groups in total. The molecule has 0 radical (unpaired) electrons. The number of hydrogen-bond acceptors (Lipinski definition) is 2. The minimum Gasteiger partial charge on any atom is -0.347 e. The first-order chi connectivity index (χ1) is 8.30. The van der Waals surface area contributed by atoms with Gasteiger partial charge in [-0.05, 0) is 29.9 Å². The maximum absolute atomic E-state index is 11.8. The summed E-state index contributed by atoms with van der Waals surface area (Å²) in [6.07, 6.45) is 3.99. The number of carbonyl (C=O) groups is 1. The summed E-state index contributed by atoms with van der Waals surface area (Å²) in [5.74, 6) is 0.116. The first-order valence-corrected chi connectivity index (χ1v) is 6.44. The van der Waals surface area contributed by atoms with Crippen LogP contribution in [-0.2, 0) is 17.8 Å². The summed E-state index contributed by atoms with van der Waals surface area (Å²) in [6, 6.07) is 2.16. The average molecular weight is 249 g/mol. The number of hydrogen-bond donors (Lipinski definition) is 1. The number of amides is 1. The predicted octanol–water partition coefficient (Wildman–Crippen LogP) is 1.55. The van der Waals surface area contributed by atoms with Crippen molar-refractivity contribution in [1.82, 2.24) is 9.47 Å². The molecular weight excluding hydrogens is 226 g/mol. The van der Waals surface area contributed by atoms with Crippen molar-refractivity contribution in [2.75, 3.05) is 14.1 Å². The van der Waals surface area contributed by atoms with Crippen molar-refractivity contribution >= 4 is 5.91 Å². The molecule has 0 saturated heterocycles. The third-order valence-electron chi connectivity index (χ3n) is 3.74. The van der Waals surface area contributed by atoms with E-state index in [1.807, 2.05) is 6.20 Å². The van der Waals surface area contributed by atoms with Gasteiger partial charge in [0.25, 0.3) is 0 Å². The Morgan fingerprint density at radius 1 is 1.56 bits per heavy atom. The van der Waals surface area contributed by atoms with Crippen LogP contribution < -0.4 is 5.73 Å². The van der Waals surface area contributed by atoms with Crippen molar-refractivity contribution in [2.24, 2.45) is 11.1 Å². The van der Waals surface area contributed by atoms with E-state index in [0.29, 0.717) is 6.54 Å². The van der Waals surface area contributed by atoms with Crippen molar-refractivity contribution in [1.29, 1.82) is 0 Å². The maximum Gasteiger partial charge on any atom is 0.241 e. The zero-order chi connectivity index (χ0) is 13.5. The Morgan fingerprint density at radius 3 is 2.83 bits per heavy atom. The topological polar surface area (TPSA) is 51.3 Å². The van der Waals surface area contributed by atoms with E-state index in [1.165, 1.54) is 11.3 Å². The summed E-state index contributed by atoms with van der Waals surface area (Å²) in [6.45, 7) is 4.88. The van der Waals surface area contributed by atoms with E-state index in [2.05, 4.69) is 24.5 Å². The molecule has 4 heteroatoms. The second kappa shape index (κ2) is 4.43. The number of rotatable bonds is 2. The van der Waals surface area contributed by atoms with Gasteiger partial charge in [0.15, 0.2) is 0 Å². The summed E-state index contributed by atoms with van der Waals surface area (Å²) in [5, 5.41) is 0. The Bertz CT molecular complexity index is 460. The van der Waals surface area contributed by atoms with E-state index in [4.69, 9.17) is 5.73 Å². The fourth-order valence-electron chi connectivity index (χ4n) is 2.73. The lowest BCUT2D eigenvalue weighted by molar-refractivity contribution is -0.129. The lowest BCUT2D eigenvalue weighted by atomic mass is 9.74. The SMILES string of the molecule is CN(C)C(=O)Cn1ccc2c1CC(C)(C)CC2N. The van der Waals surface area contributed by atoms with E-state index in [1.54, 1.807) is 19.0 Å². The van der Waals surface area contributed by atoms with Crippen LogP contribution in [0, 0.1) is 5.41 Å². The molecular formula is C14H23N3O. The molecule has 0 bridgehead atoms. The molecule has 0 spiro atoms. The van der Waals surface area contributed by atoms with Gasteiger partial charge in [0, 0.05) is 32.0 Å². The van der Waals surface area contributed by atoms with E-state index < -0.39 is 0 Å². The maximum atomic E-state index is 11.8. The fourth-order valence-corrected chi connectivity index (χ4v) is 2.73. The van der Waals surface area contributed by atoms with Crippen LogP contribution in [0.25, 0.3) is 0 Å². The smallest absolute Gasteiger partial charge is 0.241 e. The van der Waals surface area contributed by atoms with Crippen molar-refractivity contribution in [3.8, 4) is 0 Å². The molecule has 1 aromatic heterocycles. The Hall–Kier alpha value is -1.29. The monoisotopic (exact) mass is 249 g/mol. The molecule has 18 heavy (non-hydrogen) atoms. The summed E-state index contributed by atoms with van der Waals surface area (Å²) in [5.41, 5.74) is 8.87. The van der Waals surface area contributed by atoms with Gasteiger partial charge in [0.05, 0.1) is 0 Å². The van der Waals surface area contributed by atoms with Gasteiger partial charge in [-0.2, -0.15) is 0 Å². The summed E-state index contributed by atoms with van der Waals surface area (Å²) in [7, 11) is 3.57. The summed E-state index contributed by atoms with van der Waals surface area (Å²) in [4.78, 5) is 13.4. The van der Waals surface area contributed by atoms with Crippen LogP contribution in [0.5, 0.6) is 0 Å².